The number of hydrogen-bond acceptors (Lipinski definition) is 3. The van der Waals surface area contributed by atoms with Crippen molar-refractivity contribution in [1.29, 1.82) is 0 Å². The van der Waals surface area contributed by atoms with Crippen molar-refractivity contribution in [2.75, 3.05) is 13.1 Å². The van der Waals surface area contributed by atoms with Crippen LogP contribution >= 0.6 is 0 Å². The molecule has 1 aromatic heterocycles. The first-order chi connectivity index (χ1) is 10.9. The Kier molecular flexibility index (Phi) is 3.51. The Labute approximate surface area is 130 Å². The molecule has 110 valence electrons. The Balaban J connectivity index is 1.58. The molecule has 2 N–H and O–H groups in total. The minimum atomic E-state index is 0.269. The van der Waals surface area contributed by atoms with E-state index in [-0.39, 0.29) is 6.17 Å². The third kappa shape index (κ3) is 2.56. The van der Waals surface area contributed by atoms with Gasteiger partial charge in [0.1, 0.15) is 11.5 Å². The van der Waals surface area contributed by atoms with Crippen LogP contribution in [0.25, 0.3) is 22.6 Å². The van der Waals surface area contributed by atoms with Crippen molar-refractivity contribution < 1.29 is 4.42 Å². The molecule has 1 aliphatic heterocycles. The van der Waals surface area contributed by atoms with Crippen LogP contribution in [0.2, 0.25) is 0 Å². The van der Waals surface area contributed by atoms with Crippen molar-refractivity contribution >= 4 is 0 Å². The number of furan rings is 1. The van der Waals surface area contributed by atoms with E-state index in [0.717, 1.165) is 35.7 Å². The maximum absolute atomic E-state index is 5.99. The molecular weight excluding hydrogens is 272 g/mol. The third-order valence-corrected chi connectivity index (χ3v) is 4.01. The van der Waals surface area contributed by atoms with Crippen LogP contribution in [0.5, 0.6) is 0 Å². The number of nitrogens with one attached hydrogen (secondary N) is 2. The van der Waals surface area contributed by atoms with Gasteiger partial charge in [0.05, 0.1) is 6.17 Å². The van der Waals surface area contributed by atoms with Gasteiger partial charge in [-0.15, -0.1) is 0 Å². The summed E-state index contributed by atoms with van der Waals surface area (Å²) in [5, 5.41) is 6.85. The predicted octanol–water partition coefficient (Wildman–Crippen LogP) is 3.81. The molecule has 3 nitrogen and oxygen atoms in total. The van der Waals surface area contributed by atoms with Crippen molar-refractivity contribution in [3.8, 4) is 22.6 Å². The first-order valence-corrected chi connectivity index (χ1v) is 7.62. The first-order valence-electron chi connectivity index (χ1n) is 7.62. The highest BCUT2D eigenvalue weighted by atomic mass is 16.3. The maximum Gasteiger partial charge on any atom is 0.134 e. The molecule has 3 aromatic rings. The van der Waals surface area contributed by atoms with Gasteiger partial charge in [0, 0.05) is 24.2 Å². The monoisotopic (exact) mass is 290 g/mol. The van der Waals surface area contributed by atoms with Crippen LogP contribution in [0, 0.1) is 0 Å². The Hall–Kier alpha value is -2.36. The van der Waals surface area contributed by atoms with Gasteiger partial charge in [-0.1, -0.05) is 54.6 Å². The highest BCUT2D eigenvalue weighted by Crippen LogP contribution is 2.29. The van der Waals surface area contributed by atoms with Crippen LogP contribution in [0.3, 0.4) is 0 Å². The van der Waals surface area contributed by atoms with E-state index < -0.39 is 0 Å². The Morgan fingerprint density at radius 2 is 1.27 bits per heavy atom. The Bertz CT molecular complexity index is 741. The molecule has 0 spiro atoms. The lowest BCUT2D eigenvalue weighted by Crippen LogP contribution is -2.20. The summed E-state index contributed by atoms with van der Waals surface area (Å²) in [6, 6.07) is 22.8. The molecule has 0 aliphatic carbocycles. The second-order valence-electron chi connectivity index (χ2n) is 5.49. The van der Waals surface area contributed by atoms with Crippen molar-refractivity contribution in [2.45, 2.75) is 6.17 Å². The summed E-state index contributed by atoms with van der Waals surface area (Å²) in [6.45, 7) is 2.04. The van der Waals surface area contributed by atoms with Crippen LogP contribution in [0.1, 0.15) is 11.7 Å². The van der Waals surface area contributed by atoms with E-state index in [2.05, 4.69) is 47.0 Å². The minimum absolute atomic E-state index is 0.269. The van der Waals surface area contributed by atoms with E-state index >= 15 is 0 Å². The summed E-state index contributed by atoms with van der Waals surface area (Å²) in [7, 11) is 0. The zero-order chi connectivity index (χ0) is 14.8. The molecule has 3 heteroatoms. The molecule has 0 atom stereocenters. The van der Waals surface area contributed by atoms with Crippen LogP contribution in [-0.4, -0.2) is 13.1 Å². The van der Waals surface area contributed by atoms with Crippen molar-refractivity contribution in [2.24, 2.45) is 0 Å². The minimum Gasteiger partial charge on any atom is -0.456 e. The van der Waals surface area contributed by atoms with Crippen LogP contribution in [0.4, 0.5) is 0 Å². The highest BCUT2D eigenvalue weighted by Gasteiger charge is 2.15. The quantitative estimate of drug-likeness (QED) is 0.770. The third-order valence-electron chi connectivity index (χ3n) is 4.01. The average molecular weight is 290 g/mol. The number of rotatable bonds is 3. The van der Waals surface area contributed by atoms with E-state index in [1.807, 2.05) is 30.3 Å². The van der Waals surface area contributed by atoms with E-state index in [0.29, 0.717) is 0 Å². The van der Waals surface area contributed by atoms with Crippen molar-refractivity contribution in [1.82, 2.24) is 10.6 Å². The molecule has 4 rings (SSSR count). The summed E-state index contributed by atoms with van der Waals surface area (Å²) in [4.78, 5) is 0. The fourth-order valence-electron chi connectivity index (χ4n) is 2.83. The Morgan fingerprint density at radius 1 is 0.682 bits per heavy atom. The average Bonchev–Trinajstić information content (AvgIpc) is 3.28. The molecule has 1 fully saturated rings. The second-order valence-corrected chi connectivity index (χ2v) is 5.49. The smallest absolute Gasteiger partial charge is 0.134 e. The zero-order valence-electron chi connectivity index (χ0n) is 12.3. The SMILES string of the molecule is c1ccc(-c2ccc(-c3ccc(C4NCCN4)cc3)o2)cc1. The van der Waals surface area contributed by atoms with E-state index in [4.69, 9.17) is 4.42 Å². The summed E-state index contributed by atoms with van der Waals surface area (Å²) >= 11 is 0. The molecule has 2 aromatic carbocycles. The van der Waals surface area contributed by atoms with Crippen LogP contribution in [-0.2, 0) is 0 Å². The molecule has 1 aliphatic rings. The van der Waals surface area contributed by atoms with Gasteiger partial charge >= 0.3 is 0 Å². The number of benzene rings is 2. The van der Waals surface area contributed by atoms with Crippen molar-refractivity contribution in [3.63, 3.8) is 0 Å². The molecule has 0 unspecified atom stereocenters. The molecule has 22 heavy (non-hydrogen) atoms. The van der Waals surface area contributed by atoms with E-state index in [1.54, 1.807) is 0 Å². The van der Waals surface area contributed by atoms with Gasteiger partial charge in [-0.05, 0) is 17.7 Å². The van der Waals surface area contributed by atoms with Crippen LogP contribution < -0.4 is 10.6 Å². The lowest BCUT2D eigenvalue weighted by molar-refractivity contribution is 0.587. The highest BCUT2D eigenvalue weighted by molar-refractivity contribution is 5.64. The normalized spacial score (nSPS) is 15.3. The summed E-state index contributed by atoms with van der Waals surface area (Å²) < 4.78 is 5.99. The lowest BCUT2D eigenvalue weighted by Gasteiger charge is -2.11. The van der Waals surface area contributed by atoms with E-state index in [9.17, 15) is 0 Å². The topological polar surface area (TPSA) is 37.2 Å². The van der Waals surface area contributed by atoms with Gasteiger partial charge in [-0.2, -0.15) is 0 Å². The van der Waals surface area contributed by atoms with Gasteiger partial charge in [0.2, 0.25) is 0 Å². The molecule has 0 radical (unpaired) electrons. The van der Waals surface area contributed by atoms with Gasteiger partial charge in [-0.3, -0.25) is 10.6 Å². The lowest BCUT2D eigenvalue weighted by atomic mass is 10.1. The predicted molar refractivity (Wildman–Crippen MR) is 88.3 cm³/mol. The van der Waals surface area contributed by atoms with Gasteiger partial charge in [-0.25, -0.2) is 0 Å². The van der Waals surface area contributed by atoms with Crippen molar-refractivity contribution in [3.05, 3.63) is 72.3 Å². The zero-order valence-corrected chi connectivity index (χ0v) is 12.3. The number of hydrogen-bond donors (Lipinski definition) is 2. The summed E-state index contributed by atoms with van der Waals surface area (Å²) in [5.41, 5.74) is 3.46. The molecular formula is C19H18N2O. The fraction of sp³-hybridized carbons (Fsp3) is 0.158. The molecule has 1 saturated heterocycles. The standard InChI is InChI=1S/C19H18N2O/c1-2-4-14(5-3-1)17-10-11-18(22-17)15-6-8-16(9-7-15)19-20-12-13-21-19/h1-11,19-21H,12-13H2. The maximum atomic E-state index is 5.99. The summed E-state index contributed by atoms with van der Waals surface area (Å²) in [5.74, 6) is 1.80. The largest absolute Gasteiger partial charge is 0.456 e. The summed E-state index contributed by atoms with van der Waals surface area (Å²) in [6.07, 6.45) is 0.269. The second kappa shape index (κ2) is 5.79. The Morgan fingerprint density at radius 3 is 1.91 bits per heavy atom. The molecule has 0 saturated carbocycles. The molecule has 0 bridgehead atoms. The van der Waals surface area contributed by atoms with Gasteiger partial charge < -0.3 is 4.42 Å². The van der Waals surface area contributed by atoms with Gasteiger partial charge in [0.25, 0.3) is 0 Å². The molecule has 2 heterocycles. The first kappa shape index (κ1) is 13.3. The van der Waals surface area contributed by atoms with E-state index in [1.165, 1.54) is 5.56 Å². The fourth-order valence-corrected chi connectivity index (χ4v) is 2.83. The van der Waals surface area contributed by atoms with Crippen LogP contribution in [0.15, 0.2) is 71.1 Å². The molecule has 0 amide bonds. The van der Waals surface area contributed by atoms with Gasteiger partial charge in [0.15, 0.2) is 0 Å².